The molecule has 1 aromatic carbocycles. The first kappa shape index (κ1) is 18.4. The van der Waals surface area contributed by atoms with Crippen molar-refractivity contribution in [2.45, 2.75) is 25.9 Å². The molecule has 0 radical (unpaired) electrons. The SMILES string of the molecule is Clc1ccc(-c2ccc(CNCc3ccc(N4CCCC4)nc3)o2)cc1Cl. The summed E-state index contributed by atoms with van der Waals surface area (Å²) < 4.78 is 5.90. The van der Waals surface area contributed by atoms with Crippen molar-refractivity contribution in [3.05, 3.63) is 70.0 Å². The summed E-state index contributed by atoms with van der Waals surface area (Å²) in [6.45, 7) is 3.62. The maximum atomic E-state index is 6.08. The Kier molecular flexibility index (Phi) is 5.67. The fraction of sp³-hybridized carbons (Fsp3) is 0.286. The fourth-order valence-corrected chi connectivity index (χ4v) is 3.56. The molecule has 3 aromatic rings. The largest absolute Gasteiger partial charge is 0.460 e. The molecule has 0 bridgehead atoms. The van der Waals surface area contributed by atoms with Crippen LogP contribution in [0.2, 0.25) is 10.0 Å². The van der Waals surface area contributed by atoms with E-state index >= 15 is 0 Å². The molecule has 6 heteroatoms. The van der Waals surface area contributed by atoms with Gasteiger partial charge in [0, 0.05) is 31.4 Å². The van der Waals surface area contributed by atoms with E-state index in [1.165, 1.54) is 12.8 Å². The summed E-state index contributed by atoms with van der Waals surface area (Å²) in [6, 6.07) is 13.7. The predicted molar refractivity (Wildman–Crippen MR) is 110 cm³/mol. The predicted octanol–water partition coefficient (Wildman–Crippen LogP) is 5.54. The van der Waals surface area contributed by atoms with Gasteiger partial charge in [0.15, 0.2) is 0 Å². The Hall–Kier alpha value is -2.01. The smallest absolute Gasteiger partial charge is 0.134 e. The highest BCUT2D eigenvalue weighted by atomic mass is 35.5. The van der Waals surface area contributed by atoms with Crippen LogP contribution in [0.3, 0.4) is 0 Å². The molecule has 2 aromatic heterocycles. The van der Waals surface area contributed by atoms with Crippen molar-refractivity contribution in [2.24, 2.45) is 0 Å². The van der Waals surface area contributed by atoms with E-state index in [1.54, 1.807) is 6.07 Å². The zero-order chi connectivity index (χ0) is 18.6. The van der Waals surface area contributed by atoms with Gasteiger partial charge in [-0.05, 0) is 54.8 Å². The first-order valence-electron chi connectivity index (χ1n) is 9.14. The zero-order valence-electron chi connectivity index (χ0n) is 14.9. The van der Waals surface area contributed by atoms with Gasteiger partial charge in [-0.1, -0.05) is 29.3 Å². The van der Waals surface area contributed by atoms with Crippen LogP contribution in [-0.2, 0) is 13.1 Å². The monoisotopic (exact) mass is 401 g/mol. The summed E-state index contributed by atoms with van der Waals surface area (Å²) >= 11 is 12.0. The third kappa shape index (κ3) is 4.46. The van der Waals surface area contributed by atoms with Crippen LogP contribution < -0.4 is 10.2 Å². The molecular weight excluding hydrogens is 381 g/mol. The highest BCUT2D eigenvalue weighted by Gasteiger charge is 2.13. The van der Waals surface area contributed by atoms with E-state index in [0.29, 0.717) is 16.6 Å². The lowest BCUT2D eigenvalue weighted by Gasteiger charge is -2.16. The highest BCUT2D eigenvalue weighted by Crippen LogP contribution is 2.29. The van der Waals surface area contributed by atoms with Crippen LogP contribution in [0.4, 0.5) is 5.82 Å². The molecule has 1 aliphatic rings. The standard InChI is InChI=1S/C21H21Cl2N3O/c22-18-6-4-16(11-19(18)23)20-7-5-17(27-20)14-24-12-15-3-8-21(25-13-15)26-9-1-2-10-26/h3-8,11,13,24H,1-2,9-10,12,14H2. The number of hydrogen-bond donors (Lipinski definition) is 1. The molecule has 3 heterocycles. The molecular formula is C21H21Cl2N3O. The summed E-state index contributed by atoms with van der Waals surface area (Å²) in [6.07, 6.45) is 4.47. The molecule has 1 fully saturated rings. The molecule has 27 heavy (non-hydrogen) atoms. The van der Waals surface area contributed by atoms with Gasteiger partial charge in [0.1, 0.15) is 17.3 Å². The first-order chi connectivity index (χ1) is 13.2. The third-order valence-electron chi connectivity index (χ3n) is 4.73. The molecule has 1 aliphatic heterocycles. The molecule has 0 spiro atoms. The molecule has 0 aliphatic carbocycles. The van der Waals surface area contributed by atoms with E-state index in [2.05, 4.69) is 27.3 Å². The Morgan fingerprint density at radius 2 is 1.81 bits per heavy atom. The summed E-state index contributed by atoms with van der Waals surface area (Å²) in [7, 11) is 0. The number of rotatable bonds is 6. The van der Waals surface area contributed by atoms with Crippen LogP contribution in [0.1, 0.15) is 24.2 Å². The molecule has 4 nitrogen and oxygen atoms in total. The van der Waals surface area contributed by atoms with Gasteiger partial charge >= 0.3 is 0 Å². The van der Waals surface area contributed by atoms with Crippen LogP contribution in [0.5, 0.6) is 0 Å². The molecule has 0 amide bonds. The number of nitrogens with zero attached hydrogens (tertiary/aromatic N) is 2. The Morgan fingerprint density at radius 1 is 0.963 bits per heavy atom. The van der Waals surface area contributed by atoms with Crippen molar-refractivity contribution in [3.63, 3.8) is 0 Å². The van der Waals surface area contributed by atoms with E-state index in [1.807, 2.05) is 30.5 Å². The molecule has 140 valence electrons. The topological polar surface area (TPSA) is 41.3 Å². The summed E-state index contributed by atoms with van der Waals surface area (Å²) in [5.74, 6) is 2.73. The minimum absolute atomic E-state index is 0.523. The van der Waals surface area contributed by atoms with Crippen LogP contribution in [-0.4, -0.2) is 18.1 Å². The average Bonchev–Trinajstić information content (AvgIpc) is 3.37. The average molecular weight is 402 g/mol. The van der Waals surface area contributed by atoms with E-state index in [4.69, 9.17) is 27.6 Å². The van der Waals surface area contributed by atoms with Gasteiger partial charge in [0.25, 0.3) is 0 Å². The number of aromatic nitrogens is 1. The van der Waals surface area contributed by atoms with Gasteiger partial charge in [0.05, 0.1) is 16.6 Å². The summed E-state index contributed by atoms with van der Waals surface area (Å²) in [5.41, 5.74) is 2.08. The van der Waals surface area contributed by atoms with Gasteiger partial charge in [0.2, 0.25) is 0 Å². The zero-order valence-corrected chi connectivity index (χ0v) is 16.4. The van der Waals surface area contributed by atoms with Crippen molar-refractivity contribution in [2.75, 3.05) is 18.0 Å². The van der Waals surface area contributed by atoms with E-state index < -0.39 is 0 Å². The van der Waals surface area contributed by atoms with E-state index in [0.717, 1.165) is 48.1 Å². The highest BCUT2D eigenvalue weighted by molar-refractivity contribution is 6.42. The van der Waals surface area contributed by atoms with Crippen LogP contribution in [0.15, 0.2) is 53.1 Å². The van der Waals surface area contributed by atoms with Crippen molar-refractivity contribution < 1.29 is 4.42 Å². The maximum absolute atomic E-state index is 6.08. The maximum Gasteiger partial charge on any atom is 0.134 e. The normalized spacial score (nSPS) is 14.1. The second-order valence-corrected chi connectivity index (χ2v) is 7.53. The second-order valence-electron chi connectivity index (χ2n) is 6.72. The Labute approximate surface area is 169 Å². The first-order valence-corrected chi connectivity index (χ1v) is 9.89. The molecule has 0 atom stereocenters. The van der Waals surface area contributed by atoms with Crippen molar-refractivity contribution in [1.29, 1.82) is 0 Å². The van der Waals surface area contributed by atoms with Gasteiger partial charge in [-0.2, -0.15) is 0 Å². The number of pyridine rings is 1. The fourth-order valence-electron chi connectivity index (χ4n) is 3.26. The lowest BCUT2D eigenvalue weighted by Crippen LogP contribution is -2.19. The van der Waals surface area contributed by atoms with Gasteiger partial charge in [-0.3, -0.25) is 0 Å². The van der Waals surface area contributed by atoms with Crippen LogP contribution in [0, 0.1) is 0 Å². The van der Waals surface area contributed by atoms with E-state index in [9.17, 15) is 0 Å². The second kappa shape index (κ2) is 8.34. The number of benzene rings is 1. The van der Waals surface area contributed by atoms with Gasteiger partial charge < -0.3 is 14.6 Å². The Morgan fingerprint density at radius 3 is 2.56 bits per heavy atom. The lowest BCUT2D eigenvalue weighted by molar-refractivity contribution is 0.493. The molecule has 0 unspecified atom stereocenters. The third-order valence-corrected chi connectivity index (χ3v) is 5.47. The molecule has 1 saturated heterocycles. The minimum Gasteiger partial charge on any atom is -0.460 e. The Balaban J connectivity index is 1.31. The number of hydrogen-bond acceptors (Lipinski definition) is 4. The van der Waals surface area contributed by atoms with Gasteiger partial charge in [-0.15, -0.1) is 0 Å². The van der Waals surface area contributed by atoms with Crippen molar-refractivity contribution in [1.82, 2.24) is 10.3 Å². The minimum atomic E-state index is 0.523. The molecule has 1 N–H and O–H groups in total. The lowest BCUT2D eigenvalue weighted by atomic mass is 10.2. The van der Waals surface area contributed by atoms with Crippen molar-refractivity contribution >= 4 is 29.0 Å². The van der Waals surface area contributed by atoms with Crippen LogP contribution in [0.25, 0.3) is 11.3 Å². The summed E-state index contributed by atoms with van der Waals surface area (Å²) in [5, 5.41) is 4.46. The van der Waals surface area contributed by atoms with Crippen molar-refractivity contribution in [3.8, 4) is 11.3 Å². The number of furan rings is 1. The quantitative estimate of drug-likeness (QED) is 0.588. The van der Waals surface area contributed by atoms with Crippen LogP contribution >= 0.6 is 23.2 Å². The number of nitrogens with one attached hydrogen (secondary N) is 1. The molecule has 0 saturated carbocycles. The van der Waals surface area contributed by atoms with E-state index in [-0.39, 0.29) is 0 Å². The van der Waals surface area contributed by atoms with Gasteiger partial charge in [-0.25, -0.2) is 4.98 Å². The Bertz CT molecular complexity index is 902. The number of halogens is 2. The number of anilines is 1. The summed E-state index contributed by atoms with van der Waals surface area (Å²) in [4.78, 5) is 6.92. The molecule has 4 rings (SSSR count).